The molecule has 0 spiro atoms. The molecule has 0 aromatic heterocycles. The summed E-state index contributed by atoms with van der Waals surface area (Å²) in [7, 11) is -3.32. The molecule has 2 heterocycles. The van der Waals surface area contributed by atoms with Crippen LogP contribution in [0.15, 0.2) is 42.5 Å². The number of carbonyl (C=O) groups excluding carboxylic acids is 1. The van der Waals surface area contributed by atoms with E-state index in [4.69, 9.17) is 16.3 Å². The van der Waals surface area contributed by atoms with Crippen molar-refractivity contribution in [2.75, 3.05) is 15.9 Å². The van der Waals surface area contributed by atoms with Gasteiger partial charge in [-0.25, -0.2) is 12.8 Å². The van der Waals surface area contributed by atoms with E-state index in [1.807, 2.05) is 12.1 Å². The summed E-state index contributed by atoms with van der Waals surface area (Å²) >= 11 is 6.06. The maximum Gasteiger partial charge on any atom is 0.263 e. The number of nitrogens with zero attached hydrogens (tertiary/aromatic N) is 1. The molecule has 4 rings (SSSR count). The van der Waals surface area contributed by atoms with E-state index in [9.17, 15) is 17.6 Å². The number of fused-ring (bicyclic) bond motifs is 2. The van der Waals surface area contributed by atoms with Crippen LogP contribution in [0.5, 0.6) is 5.75 Å². The second-order valence-corrected chi connectivity index (χ2v) is 11.7. The quantitative estimate of drug-likeness (QED) is 0.580. The Morgan fingerprint density at radius 3 is 2.29 bits per heavy atom. The predicted molar refractivity (Wildman–Crippen MR) is 131 cm³/mol. The molecule has 0 aliphatic carbocycles. The molecule has 184 valence electrons. The molecule has 2 N–H and O–H groups in total. The summed E-state index contributed by atoms with van der Waals surface area (Å²) in [6.45, 7) is 3.33. The summed E-state index contributed by atoms with van der Waals surface area (Å²) in [6, 6.07) is 11.8. The topological polar surface area (TPSA) is 87.7 Å². The third kappa shape index (κ3) is 5.58. The highest BCUT2D eigenvalue weighted by Crippen LogP contribution is 2.40. The number of sulfonamides is 1. The molecule has 2 aliphatic heterocycles. The van der Waals surface area contributed by atoms with Crippen LogP contribution in [-0.2, 0) is 14.8 Å². The number of piperidine rings is 1. The first-order chi connectivity index (χ1) is 15.9. The zero-order valence-electron chi connectivity index (χ0n) is 19.3. The molecule has 2 atom stereocenters. The van der Waals surface area contributed by atoms with Crippen LogP contribution in [0.2, 0.25) is 5.02 Å². The standard InChI is InChI=1S/C24H29ClFN3O4S/c1-24(2,33-22-11-4-15(26)12-21(22)25)23(30)27-17-13-19-9-10-20(14-17)29(19)18-7-5-16(6-8-18)28-34(3,31)32/h4-8,11-12,17,19-20,28H,9-10,13-14H2,1-3H3,(H,27,30). The van der Waals surface area contributed by atoms with Gasteiger partial charge in [-0.3, -0.25) is 9.52 Å². The molecule has 34 heavy (non-hydrogen) atoms. The van der Waals surface area contributed by atoms with Gasteiger partial charge < -0.3 is 15.0 Å². The molecule has 0 radical (unpaired) electrons. The van der Waals surface area contributed by atoms with Crippen molar-refractivity contribution < 1.29 is 22.3 Å². The lowest BCUT2D eigenvalue weighted by Gasteiger charge is -2.41. The first-order valence-electron chi connectivity index (χ1n) is 11.2. The molecule has 2 aromatic rings. The smallest absolute Gasteiger partial charge is 0.263 e. The predicted octanol–water partition coefficient (Wildman–Crippen LogP) is 4.32. The third-order valence-electron chi connectivity index (χ3n) is 6.34. The molecular formula is C24H29ClFN3O4S. The maximum atomic E-state index is 13.3. The highest BCUT2D eigenvalue weighted by atomic mass is 35.5. The van der Waals surface area contributed by atoms with Crippen LogP contribution in [0.3, 0.4) is 0 Å². The molecule has 1 amide bonds. The van der Waals surface area contributed by atoms with Gasteiger partial charge in [0.25, 0.3) is 5.91 Å². The van der Waals surface area contributed by atoms with Gasteiger partial charge in [-0.2, -0.15) is 0 Å². The number of halogens is 2. The third-order valence-corrected chi connectivity index (χ3v) is 7.24. The van der Waals surface area contributed by atoms with Crippen molar-refractivity contribution in [1.82, 2.24) is 5.32 Å². The fourth-order valence-electron chi connectivity index (χ4n) is 4.87. The average Bonchev–Trinajstić information content (AvgIpc) is 3.00. The van der Waals surface area contributed by atoms with E-state index in [1.54, 1.807) is 26.0 Å². The molecule has 10 heteroatoms. The molecule has 2 aromatic carbocycles. The molecule has 2 saturated heterocycles. The SMILES string of the molecule is CC(C)(Oc1ccc(F)cc1Cl)C(=O)NC1CC2CCC(C1)N2c1ccc(NS(C)(=O)=O)cc1. The van der Waals surface area contributed by atoms with Gasteiger partial charge in [0.1, 0.15) is 11.6 Å². The first kappa shape index (κ1) is 24.6. The van der Waals surface area contributed by atoms with Crippen molar-refractivity contribution in [2.45, 2.75) is 63.3 Å². The summed E-state index contributed by atoms with van der Waals surface area (Å²) in [4.78, 5) is 15.4. The second kappa shape index (κ2) is 9.26. The Morgan fingerprint density at radius 2 is 1.74 bits per heavy atom. The van der Waals surface area contributed by atoms with Gasteiger partial charge in [-0.05, 0) is 82.0 Å². The molecule has 7 nitrogen and oxygen atoms in total. The Bertz CT molecular complexity index is 1160. The van der Waals surface area contributed by atoms with Crippen molar-refractivity contribution in [3.63, 3.8) is 0 Å². The fourth-order valence-corrected chi connectivity index (χ4v) is 5.64. The van der Waals surface area contributed by atoms with Gasteiger partial charge in [-0.1, -0.05) is 11.6 Å². The number of rotatable bonds is 7. The van der Waals surface area contributed by atoms with E-state index < -0.39 is 21.4 Å². The number of carbonyl (C=O) groups is 1. The van der Waals surface area contributed by atoms with Crippen LogP contribution in [0, 0.1) is 5.82 Å². The van der Waals surface area contributed by atoms with Crippen LogP contribution in [0.4, 0.5) is 15.8 Å². The van der Waals surface area contributed by atoms with E-state index in [2.05, 4.69) is 14.9 Å². The zero-order chi connectivity index (χ0) is 24.7. The largest absolute Gasteiger partial charge is 0.476 e. The summed E-state index contributed by atoms with van der Waals surface area (Å²) in [5.41, 5.74) is 0.398. The summed E-state index contributed by atoms with van der Waals surface area (Å²) in [5.74, 6) is -0.461. The maximum absolute atomic E-state index is 13.3. The monoisotopic (exact) mass is 509 g/mol. The van der Waals surface area contributed by atoms with Crippen molar-refractivity contribution in [1.29, 1.82) is 0 Å². The zero-order valence-corrected chi connectivity index (χ0v) is 20.9. The molecule has 0 saturated carbocycles. The Hall–Kier alpha value is -2.52. The van der Waals surface area contributed by atoms with Crippen LogP contribution < -0.4 is 19.7 Å². The van der Waals surface area contributed by atoms with E-state index in [0.29, 0.717) is 5.69 Å². The van der Waals surface area contributed by atoms with Crippen molar-refractivity contribution in [2.24, 2.45) is 0 Å². The highest BCUT2D eigenvalue weighted by molar-refractivity contribution is 7.92. The fraction of sp³-hybridized carbons (Fsp3) is 0.458. The van der Waals surface area contributed by atoms with E-state index in [-0.39, 0.29) is 34.8 Å². The minimum atomic E-state index is -3.32. The first-order valence-corrected chi connectivity index (χ1v) is 13.5. The molecular weight excluding hydrogens is 481 g/mol. The number of anilines is 2. The van der Waals surface area contributed by atoms with Gasteiger partial charge >= 0.3 is 0 Å². The van der Waals surface area contributed by atoms with Gasteiger partial charge in [-0.15, -0.1) is 0 Å². The number of ether oxygens (including phenoxy) is 1. The van der Waals surface area contributed by atoms with Crippen molar-refractivity contribution >= 4 is 38.9 Å². The molecule has 2 fully saturated rings. The number of benzene rings is 2. The van der Waals surface area contributed by atoms with Crippen LogP contribution in [0.1, 0.15) is 39.5 Å². The van der Waals surface area contributed by atoms with E-state index >= 15 is 0 Å². The van der Waals surface area contributed by atoms with Gasteiger partial charge in [0.15, 0.2) is 5.60 Å². The second-order valence-electron chi connectivity index (χ2n) is 9.54. The summed E-state index contributed by atoms with van der Waals surface area (Å²) < 4.78 is 44.5. The average molecular weight is 510 g/mol. The van der Waals surface area contributed by atoms with E-state index in [1.165, 1.54) is 12.1 Å². The van der Waals surface area contributed by atoms with Gasteiger partial charge in [0, 0.05) is 29.5 Å². The lowest BCUT2D eigenvalue weighted by Crippen LogP contribution is -2.55. The lowest BCUT2D eigenvalue weighted by molar-refractivity contribution is -0.135. The van der Waals surface area contributed by atoms with Crippen molar-refractivity contribution in [3.8, 4) is 5.75 Å². The summed E-state index contributed by atoms with van der Waals surface area (Å²) in [6.07, 6.45) is 4.80. The Kier molecular flexibility index (Phi) is 6.70. The van der Waals surface area contributed by atoms with Gasteiger partial charge in [0.05, 0.1) is 11.3 Å². The Balaban J connectivity index is 1.39. The number of hydrogen-bond donors (Lipinski definition) is 2. The van der Waals surface area contributed by atoms with Crippen molar-refractivity contribution in [3.05, 3.63) is 53.3 Å². The lowest BCUT2D eigenvalue weighted by atomic mass is 9.95. The van der Waals surface area contributed by atoms with Crippen LogP contribution >= 0.6 is 11.6 Å². The normalized spacial score (nSPS) is 22.4. The molecule has 2 aliphatic rings. The Labute approximate surface area is 204 Å². The number of nitrogens with one attached hydrogen (secondary N) is 2. The minimum absolute atomic E-state index is 0.0130. The summed E-state index contributed by atoms with van der Waals surface area (Å²) in [5, 5.41) is 3.25. The van der Waals surface area contributed by atoms with E-state index in [0.717, 1.165) is 43.7 Å². The number of amides is 1. The highest BCUT2D eigenvalue weighted by Gasteiger charge is 2.42. The van der Waals surface area contributed by atoms with Crippen LogP contribution in [-0.4, -0.2) is 44.3 Å². The van der Waals surface area contributed by atoms with Crippen LogP contribution in [0.25, 0.3) is 0 Å². The van der Waals surface area contributed by atoms with Gasteiger partial charge in [0.2, 0.25) is 10.0 Å². The molecule has 2 bridgehead atoms. The minimum Gasteiger partial charge on any atom is -0.476 e. The number of hydrogen-bond acceptors (Lipinski definition) is 5. The Morgan fingerprint density at radius 1 is 1.12 bits per heavy atom. The molecule has 2 unspecified atom stereocenters.